The highest BCUT2D eigenvalue weighted by Gasteiger charge is 2.14. The van der Waals surface area contributed by atoms with Gasteiger partial charge in [0.1, 0.15) is 11.5 Å². The summed E-state index contributed by atoms with van der Waals surface area (Å²) in [4.78, 5) is 23.8. The average Bonchev–Trinajstić information content (AvgIpc) is 2.61. The Balaban J connectivity index is 1.93. The Morgan fingerprint density at radius 1 is 1.12 bits per heavy atom. The molecule has 6 nitrogen and oxygen atoms in total. The van der Waals surface area contributed by atoms with Crippen molar-refractivity contribution in [2.24, 2.45) is 0 Å². The fraction of sp³-hybridized carbons (Fsp3) is 0.176. The minimum Gasteiger partial charge on any atom is -0.497 e. The smallest absolute Gasteiger partial charge is 0.387 e. The fourth-order valence-corrected chi connectivity index (χ4v) is 1.92. The largest absolute Gasteiger partial charge is 0.497 e. The molecule has 0 saturated heterocycles. The van der Waals surface area contributed by atoms with Gasteiger partial charge in [-0.3, -0.25) is 4.79 Å². The van der Waals surface area contributed by atoms with Crippen LogP contribution < -0.4 is 14.8 Å². The van der Waals surface area contributed by atoms with Crippen LogP contribution >= 0.6 is 0 Å². The van der Waals surface area contributed by atoms with Crippen LogP contribution in [0.3, 0.4) is 0 Å². The molecule has 2 aromatic rings. The van der Waals surface area contributed by atoms with Gasteiger partial charge in [-0.15, -0.1) is 0 Å². The van der Waals surface area contributed by atoms with Crippen molar-refractivity contribution >= 4 is 17.6 Å². The predicted octanol–water partition coefficient (Wildman–Crippen LogP) is 3.09. The van der Waals surface area contributed by atoms with Crippen LogP contribution in [0.2, 0.25) is 0 Å². The van der Waals surface area contributed by atoms with E-state index in [-0.39, 0.29) is 17.0 Å². The van der Waals surface area contributed by atoms with Gasteiger partial charge >= 0.3 is 12.6 Å². The van der Waals surface area contributed by atoms with Crippen molar-refractivity contribution in [1.29, 1.82) is 0 Å². The third kappa shape index (κ3) is 5.45. The molecule has 0 spiro atoms. The zero-order valence-corrected chi connectivity index (χ0v) is 13.2. The first-order chi connectivity index (χ1) is 12.0. The number of hydrogen-bond donors (Lipinski definition) is 1. The summed E-state index contributed by atoms with van der Waals surface area (Å²) in [7, 11) is 1.46. The first kappa shape index (κ1) is 18.2. The molecule has 0 aromatic heterocycles. The van der Waals surface area contributed by atoms with Crippen LogP contribution in [0.15, 0.2) is 48.5 Å². The topological polar surface area (TPSA) is 73.9 Å². The van der Waals surface area contributed by atoms with Gasteiger partial charge in [-0.1, -0.05) is 18.2 Å². The molecule has 132 valence electrons. The number of rotatable bonds is 7. The number of ether oxygens (including phenoxy) is 3. The molecule has 0 aliphatic carbocycles. The second kappa shape index (κ2) is 8.62. The summed E-state index contributed by atoms with van der Waals surface area (Å²) >= 11 is 0. The summed E-state index contributed by atoms with van der Waals surface area (Å²) in [6, 6.07) is 11.9. The van der Waals surface area contributed by atoms with Crippen molar-refractivity contribution < 1.29 is 32.6 Å². The molecule has 2 rings (SSSR count). The molecule has 8 heteroatoms. The quantitative estimate of drug-likeness (QED) is 0.776. The van der Waals surface area contributed by atoms with E-state index < -0.39 is 25.1 Å². The number of hydrogen-bond acceptors (Lipinski definition) is 5. The first-order valence-corrected chi connectivity index (χ1v) is 7.14. The Bertz CT molecular complexity index is 751. The third-order valence-corrected chi connectivity index (χ3v) is 3.02. The lowest BCUT2D eigenvalue weighted by Crippen LogP contribution is -2.21. The van der Waals surface area contributed by atoms with Crippen LogP contribution in [-0.4, -0.2) is 32.2 Å². The number of halogens is 2. The summed E-state index contributed by atoms with van der Waals surface area (Å²) in [6.07, 6.45) is 0. The van der Waals surface area contributed by atoms with Crippen LogP contribution in [0, 0.1) is 0 Å². The number of anilines is 1. The number of carbonyl (C=O) groups is 2. The second-order valence-corrected chi connectivity index (χ2v) is 4.73. The Hall–Kier alpha value is -3.16. The van der Waals surface area contributed by atoms with Crippen LogP contribution in [-0.2, 0) is 9.53 Å². The van der Waals surface area contributed by atoms with Gasteiger partial charge in [0.2, 0.25) is 0 Å². The Labute approximate surface area is 142 Å². The van der Waals surface area contributed by atoms with E-state index in [1.54, 1.807) is 12.1 Å². The molecular weight excluding hydrogens is 336 g/mol. The normalized spacial score (nSPS) is 10.2. The van der Waals surface area contributed by atoms with Gasteiger partial charge in [-0.05, 0) is 30.3 Å². The average molecular weight is 351 g/mol. The van der Waals surface area contributed by atoms with Crippen molar-refractivity contribution in [2.75, 3.05) is 19.0 Å². The highest BCUT2D eigenvalue weighted by atomic mass is 19.3. The molecule has 0 heterocycles. The minimum atomic E-state index is -3.02. The van der Waals surface area contributed by atoms with E-state index >= 15 is 0 Å². The number of amides is 1. The van der Waals surface area contributed by atoms with E-state index in [2.05, 4.69) is 10.1 Å². The number of methoxy groups -OCH3 is 1. The molecule has 0 atom stereocenters. The molecule has 2 aromatic carbocycles. The van der Waals surface area contributed by atoms with E-state index in [1.807, 2.05) is 0 Å². The molecule has 0 radical (unpaired) electrons. The zero-order valence-electron chi connectivity index (χ0n) is 13.2. The summed E-state index contributed by atoms with van der Waals surface area (Å²) in [5, 5.41) is 2.35. The molecular formula is C17H15F2NO5. The highest BCUT2D eigenvalue weighted by Crippen LogP contribution is 2.25. The van der Waals surface area contributed by atoms with Crippen molar-refractivity contribution in [1.82, 2.24) is 0 Å². The van der Waals surface area contributed by atoms with Crippen LogP contribution in [0.5, 0.6) is 11.5 Å². The van der Waals surface area contributed by atoms with Gasteiger partial charge in [-0.2, -0.15) is 8.78 Å². The predicted molar refractivity (Wildman–Crippen MR) is 85.0 cm³/mol. The summed E-state index contributed by atoms with van der Waals surface area (Å²) < 4.78 is 38.8. The maximum absolute atomic E-state index is 12.3. The monoisotopic (exact) mass is 351 g/mol. The minimum absolute atomic E-state index is 0.0465. The third-order valence-electron chi connectivity index (χ3n) is 3.02. The highest BCUT2D eigenvalue weighted by molar-refractivity contribution is 5.96. The molecule has 0 unspecified atom stereocenters. The lowest BCUT2D eigenvalue weighted by Gasteiger charge is -2.11. The molecule has 0 fully saturated rings. The SMILES string of the molecule is COc1cccc(C(=O)OCC(=O)Nc2ccccc2OC(F)F)c1. The van der Waals surface area contributed by atoms with Crippen molar-refractivity contribution in [3.63, 3.8) is 0 Å². The van der Waals surface area contributed by atoms with Gasteiger partial charge in [0, 0.05) is 0 Å². The summed E-state index contributed by atoms with van der Waals surface area (Å²) in [5.74, 6) is -1.13. The van der Waals surface area contributed by atoms with Crippen LogP contribution in [0.25, 0.3) is 0 Å². The molecule has 0 bridgehead atoms. The van der Waals surface area contributed by atoms with E-state index in [0.717, 1.165) is 0 Å². The number of carbonyl (C=O) groups excluding carboxylic acids is 2. The first-order valence-electron chi connectivity index (χ1n) is 7.14. The number of alkyl halides is 2. The van der Waals surface area contributed by atoms with Gasteiger partial charge in [0.15, 0.2) is 6.61 Å². The van der Waals surface area contributed by atoms with Gasteiger partial charge in [0.05, 0.1) is 18.4 Å². The second-order valence-electron chi connectivity index (χ2n) is 4.73. The van der Waals surface area contributed by atoms with Crippen LogP contribution in [0.1, 0.15) is 10.4 Å². The molecule has 1 N–H and O–H groups in total. The Morgan fingerprint density at radius 2 is 1.88 bits per heavy atom. The Kier molecular flexibility index (Phi) is 6.27. The van der Waals surface area contributed by atoms with Gasteiger partial charge in [0.25, 0.3) is 5.91 Å². The molecule has 1 amide bonds. The molecule has 25 heavy (non-hydrogen) atoms. The van der Waals surface area contributed by atoms with E-state index in [0.29, 0.717) is 5.75 Å². The summed E-state index contributed by atoms with van der Waals surface area (Å²) in [6.45, 7) is -3.61. The van der Waals surface area contributed by atoms with E-state index in [1.165, 1.54) is 43.5 Å². The van der Waals surface area contributed by atoms with Crippen LogP contribution in [0.4, 0.5) is 14.5 Å². The summed E-state index contributed by atoms with van der Waals surface area (Å²) in [5.41, 5.74) is 0.263. The van der Waals surface area contributed by atoms with Gasteiger partial charge < -0.3 is 19.5 Å². The maximum Gasteiger partial charge on any atom is 0.387 e. The number of benzene rings is 2. The van der Waals surface area contributed by atoms with E-state index in [9.17, 15) is 18.4 Å². The van der Waals surface area contributed by atoms with Crippen molar-refractivity contribution in [2.45, 2.75) is 6.61 Å². The maximum atomic E-state index is 12.3. The zero-order chi connectivity index (χ0) is 18.2. The number of para-hydroxylation sites is 2. The number of esters is 1. The standard InChI is InChI=1S/C17H15F2NO5/c1-23-12-6-4-5-11(9-12)16(22)24-10-15(21)20-13-7-2-3-8-14(13)25-17(18)19/h2-9,17H,10H2,1H3,(H,20,21). The lowest BCUT2D eigenvalue weighted by atomic mass is 10.2. The van der Waals surface area contributed by atoms with Crippen molar-refractivity contribution in [3.8, 4) is 11.5 Å². The molecule has 0 aliphatic heterocycles. The Morgan fingerprint density at radius 3 is 2.60 bits per heavy atom. The van der Waals surface area contributed by atoms with E-state index in [4.69, 9.17) is 9.47 Å². The molecule has 0 aliphatic rings. The molecule has 0 saturated carbocycles. The van der Waals surface area contributed by atoms with Gasteiger partial charge in [-0.25, -0.2) is 4.79 Å². The number of nitrogens with one attached hydrogen (secondary N) is 1. The fourth-order valence-electron chi connectivity index (χ4n) is 1.92. The lowest BCUT2D eigenvalue weighted by molar-refractivity contribution is -0.119. The van der Waals surface area contributed by atoms with Crippen molar-refractivity contribution in [3.05, 3.63) is 54.1 Å².